The monoisotopic (exact) mass is 390 g/mol. The molecule has 1 aliphatic heterocycles. The summed E-state index contributed by atoms with van der Waals surface area (Å²) in [7, 11) is 0. The molecule has 7 atom stereocenters. The first-order chi connectivity index (χ1) is 12.6. The summed E-state index contributed by atoms with van der Waals surface area (Å²) < 4.78 is 0. The van der Waals surface area contributed by atoms with Crippen LogP contribution in [0.1, 0.15) is 32.8 Å². The highest BCUT2D eigenvalue weighted by molar-refractivity contribution is 6.21. The van der Waals surface area contributed by atoms with Crippen molar-refractivity contribution in [2.45, 2.75) is 49.9 Å². The van der Waals surface area contributed by atoms with Crippen LogP contribution < -0.4 is 10.6 Å². The quantitative estimate of drug-likeness (QED) is 0.363. The molecule has 4 N–H and O–H groups in total. The van der Waals surface area contributed by atoms with Crippen molar-refractivity contribution in [1.82, 2.24) is 5.32 Å². The number of amides is 1. The number of aliphatic hydroxyl groups is 2. The maximum Gasteiger partial charge on any atom is 0.207 e. The average Bonchev–Trinajstić information content (AvgIpc) is 2.94. The van der Waals surface area contributed by atoms with E-state index in [4.69, 9.17) is 11.6 Å². The Morgan fingerprint density at radius 3 is 2.59 bits per heavy atom. The highest BCUT2D eigenvalue weighted by atomic mass is 35.5. The molecule has 1 aromatic rings. The van der Waals surface area contributed by atoms with Gasteiger partial charge in [0.2, 0.25) is 6.41 Å². The second kappa shape index (κ2) is 5.49. The Kier molecular flexibility index (Phi) is 3.82. The van der Waals surface area contributed by atoms with Gasteiger partial charge < -0.3 is 20.8 Å². The first kappa shape index (κ1) is 18.8. The number of alkyl halides is 1. The Morgan fingerprint density at radius 2 is 1.96 bits per heavy atom. The number of hydrogen-bond acceptors (Lipinski definition) is 4. The lowest BCUT2D eigenvalue weighted by Gasteiger charge is -2.52. The SMILES string of the molecule is C=C[C@]1(C)[C@H](Cl)C[C@H]2[C@@H]([C@@H]1NC=O)[C@@]1(O)c3ccccc3N[C@@]1(O)C2(C)C. The van der Waals surface area contributed by atoms with Crippen LogP contribution in [0.5, 0.6) is 0 Å². The summed E-state index contributed by atoms with van der Waals surface area (Å²) in [4.78, 5) is 11.5. The Bertz CT molecular complexity index is 814. The number of anilines is 1. The zero-order chi connectivity index (χ0) is 19.8. The molecule has 1 amide bonds. The molecule has 2 fully saturated rings. The van der Waals surface area contributed by atoms with E-state index in [1.807, 2.05) is 45.0 Å². The molecule has 0 aromatic heterocycles. The molecule has 6 heteroatoms. The lowest BCUT2D eigenvalue weighted by molar-refractivity contribution is -0.170. The number of carbonyl (C=O) groups is 1. The van der Waals surface area contributed by atoms with Crippen LogP contribution in [-0.4, -0.2) is 33.8 Å². The highest BCUT2D eigenvalue weighted by Crippen LogP contribution is 2.71. The number of nitrogens with one attached hydrogen (secondary N) is 2. The van der Waals surface area contributed by atoms with E-state index in [9.17, 15) is 15.0 Å². The van der Waals surface area contributed by atoms with Gasteiger partial charge in [-0.1, -0.05) is 45.0 Å². The van der Waals surface area contributed by atoms with Crippen LogP contribution >= 0.6 is 11.6 Å². The van der Waals surface area contributed by atoms with Crippen LogP contribution in [-0.2, 0) is 10.4 Å². The van der Waals surface area contributed by atoms with Crippen LogP contribution in [0.4, 0.5) is 5.69 Å². The molecule has 2 aliphatic carbocycles. The number of carbonyl (C=O) groups excluding carboxylic acids is 1. The summed E-state index contributed by atoms with van der Waals surface area (Å²) in [6.07, 6.45) is 3.03. The van der Waals surface area contributed by atoms with Gasteiger partial charge in [0.25, 0.3) is 0 Å². The van der Waals surface area contributed by atoms with E-state index >= 15 is 0 Å². The van der Waals surface area contributed by atoms with Gasteiger partial charge in [0.15, 0.2) is 5.72 Å². The molecule has 0 unspecified atom stereocenters. The molecule has 2 saturated carbocycles. The molecule has 1 heterocycles. The topological polar surface area (TPSA) is 81.6 Å². The van der Waals surface area contributed by atoms with E-state index in [2.05, 4.69) is 17.2 Å². The van der Waals surface area contributed by atoms with Gasteiger partial charge in [0.1, 0.15) is 5.60 Å². The summed E-state index contributed by atoms with van der Waals surface area (Å²) in [5.74, 6) is -0.543. The van der Waals surface area contributed by atoms with Crippen LogP contribution in [0.3, 0.4) is 0 Å². The Labute approximate surface area is 164 Å². The van der Waals surface area contributed by atoms with Gasteiger partial charge in [-0.15, -0.1) is 18.2 Å². The largest absolute Gasteiger partial charge is 0.380 e. The van der Waals surface area contributed by atoms with Crippen molar-refractivity contribution in [2.24, 2.45) is 22.7 Å². The molecule has 146 valence electrons. The molecule has 4 rings (SSSR count). The minimum atomic E-state index is -1.58. The first-order valence-corrected chi connectivity index (χ1v) is 9.83. The number of para-hydroxylation sites is 1. The van der Waals surface area contributed by atoms with Crippen LogP contribution in [0.2, 0.25) is 0 Å². The third kappa shape index (κ3) is 1.90. The van der Waals surface area contributed by atoms with E-state index in [0.717, 1.165) is 0 Å². The fraction of sp³-hybridized carbons (Fsp3) is 0.571. The lowest BCUT2D eigenvalue weighted by Crippen LogP contribution is -2.63. The van der Waals surface area contributed by atoms with E-state index in [0.29, 0.717) is 24.1 Å². The number of rotatable bonds is 3. The highest BCUT2D eigenvalue weighted by Gasteiger charge is 2.79. The molecule has 0 saturated heterocycles. The van der Waals surface area contributed by atoms with Crippen molar-refractivity contribution in [2.75, 3.05) is 5.32 Å². The summed E-state index contributed by atoms with van der Waals surface area (Å²) in [6, 6.07) is 6.95. The average molecular weight is 391 g/mol. The normalized spacial score (nSPS) is 46.6. The second-order valence-electron chi connectivity index (χ2n) is 9.04. The lowest BCUT2D eigenvalue weighted by atomic mass is 9.58. The molecule has 3 aliphatic rings. The fourth-order valence-corrected chi connectivity index (χ4v) is 6.49. The van der Waals surface area contributed by atoms with E-state index in [-0.39, 0.29) is 11.3 Å². The van der Waals surface area contributed by atoms with E-state index < -0.39 is 34.1 Å². The van der Waals surface area contributed by atoms with Crippen molar-refractivity contribution < 1.29 is 15.0 Å². The van der Waals surface area contributed by atoms with Crippen molar-refractivity contribution in [3.05, 3.63) is 42.5 Å². The molecular formula is C21H27ClN2O3. The molecule has 1 aromatic carbocycles. The first-order valence-electron chi connectivity index (χ1n) is 9.39. The molecule has 0 bridgehead atoms. The maximum atomic E-state index is 12.1. The number of halogens is 1. The molecule has 27 heavy (non-hydrogen) atoms. The van der Waals surface area contributed by atoms with Crippen molar-refractivity contribution in [3.63, 3.8) is 0 Å². The third-order valence-electron chi connectivity index (χ3n) is 7.83. The third-order valence-corrected chi connectivity index (χ3v) is 8.48. The summed E-state index contributed by atoms with van der Waals surface area (Å²) in [5.41, 5.74) is -3.09. The second-order valence-corrected chi connectivity index (χ2v) is 9.56. The number of benzene rings is 1. The summed E-state index contributed by atoms with van der Waals surface area (Å²) in [6.45, 7) is 9.83. The van der Waals surface area contributed by atoms with Crippen molar-refractivity contribution in [3.8, 4) is 0 Å². The van der Waals surface area contributed by atoms with Crippen molar-refractivity contribution >= 4 is 23.7 Å². The van der Waals surface area contributed by atoms with Gasteiger partial charge in [-0.05, 0) is 18.4 Å². The Balaban J connectivity index is 1.99. The van der Waals surface area contributed by atoms with E-state index in [1.165, 1.54) is 0 Å². The Hall–Kier alpha value is -1.56. The molecule has 0 radical (unpaired) electrons. The Morgan fingerprint density at radius 1 is 1.30 bits per heavy atom. The zero-order valence-corrected chi connectivity index (χ0v) is 16.6. The summed E-state index contributed by atoms with van der Waals surface area (Å²) >= 11 is 6.79. The van der Waals surface area contributed by atoms with Gasteiger partial charge in [0, 0.05) is 39.4 Å². The minimum absolute atomic E-state index is 0.110. The maximum absolute atomic E-state index is 12.1. The molecule has 5 nitrogen and oxygen atoms in total. The summed E-state index contributed by atoms with van der Waals surface area (Å²) in [5, 5.41) is 29.8. The van der Waals surface area contributed by atoms with Gasteiger partial charge in [-0.3, -0.25) is 4.79 Å². The fourth-order valence-electron chi connectivity index (χ4n) is 6.08. The van der Waals surface area contributed by atoms with Crippen LogP contribution in [0.15, 0.2) is 36.9 Å². The molecule has 0 spiro atoms. The number of hydrogen-bond donors (Lipinski definition) is 4. The van der Waals surface area contributed by atoms with E-state index in [1.54, 1.807) is 6.08 Å². The molecular weight excluding hydrogens is 364 g/mol. The van der Waals surface area contributed by atoms with Crippen LogP contribution in [0, 0.1) is 22.7 Å². The van der Waals surface area contributed by atoms with Gasteiger partial charge >= 0.3 is 0 Å². The predicted molar refractivity (Wildman–Crippen MR) is 105 cm³/mol. The van der Waals surface area contributed by atoms with Gasteiger partial charge in [0.05, 0.1) is 0 Å². The van der Waals surface area contributed by atoms with Crippen molar-refractivity contribution in [1.29, 1.82) is 0 Å². The standard InChI is InChI=1S/C21H27ClN2O3/c1-5-19(4)15(22)10-13-16(17(19)23-11-25)20(26)12-8-6-7-9-14(12)24-21(20,27)18(13,2)3/h5-9,11,13,15-17,24,26-27H,1,10H2,2-4H3,(H,23,25)/t13-,15+,16-,17-,19+,20-,21+/m0/s1. The zero-order valence-electron chi connectivity index (χ0n) is 15.9. The minimum Gasteiger partial charge on any atom is -0.380 e. The van der Waals surface area contributed by atoms with Gasteiger partial charge in [-0.25, -0.2) is 0 Å². The predicted octanol–water partition coefficient (Wildman–Crippen LogP) is 2.58. The smallest absolute Gasteiger partial charge is 0.207 e. The van der Waals surface area contributed by atoms with Gasteiger partial charge in [-0.2, -0.15) is 0 Å². The number of fused-ring (bicyclic) bond motifs is 5. The van der Waals surface area contributed by atoms with Crippen LogP contribution in [0.25, 0.3) is 0 Å².